The number of rotatable bonds is 3. The van der Waals surface area contributed by atoms with Gasteiger partial charge in [-0.2, -0.15) is 13.2 Å². The van der Waals surface area contributed by atoms with Gasteiger partial charge in [-0.3, -0.25) is 0 Å². The zero-order valence-corrected chi connectivity index (χ0v) is 9.41. The average molecular weight is 266 g/mol. The lowest BCUT2D eigenvalue weighted by Crippen LogP contribution is -2.09. The molecule has 0 amide bonds. The number of alkyl halides is 3. The van der Waals surface area contributed by atoms with Crippen LogP contribution in [0, 0.1) is 5.82 Å². The summed E-state index contributed by atoms with van der Waals surface area (Å²) in [5.41, 5.74) is 9.81. The van der Waals surface area contributed by atoms with Crippen molar-refractivity contribution in [2.75, 3.05) is 5.88 Å². The predicted octanol–water partition coefficient (Wildman–Crippen LogP) is 2.75. The third-order valence-electron chi connectivity index (χ3n) is 1.91. The fourth-order valence-corrected chi connectivity index (χ4v) is 1.54. The van der Waals surface area contributed by atoms with Crippen molar-refractivity contribution in [2.45, 2.75) is 6.18 Å². The number of benzene rings is 1. The van der Waals surface area contributed by atoms with Gasteiger partial charge in [0.15, 0.2) is 0 Å². The molecule has 4 N–H and O–H groups in total. The smallest absolute Gasteiger partial charge is 0.398 e. The van der Waals surface area contributed by atoms with Gasteiger partial charge in [-0.25, -0.2) is 4.39 Å². The molecule has 1 rings (SSSR count). The Bertz CT molecular complexity index is 429. The van der Waals surface area contributed by atoms with Crippen LogP contribution in [-0.2, 0) is 6.18 Å². The van der Waals surface area contributed by atoms with Crippen LogP contribution in [0.15, 0.2) is 23.6 Å². The van der Waals surface area contributed by atoms with Gasteiger partial charge >= 0.3 is 6.18 Å². The molecule has 0 aliphatic heterocycles. The second-order valence-corrected chi connectivity index (χ2v) is 4.00. The van der Waals surface area contributed by atoms with Crippen LogP contribution in [0.3, 0.4) is 0 Å². The van der Waals surface area contributed by atoms with Crippen molar-refractivity contribution in [3.8, 4) is 0 Å². The summed E-state index contributed by atoms with van der Waals surface area (Å²) in [7, 11) is 0. The van der Waals surface area contributed by atoms with Gasteiger partial charge in [0, 0.05) is 17.1 Å². The third-order valence-corrected chi connectivity index (χ3v) is 2.53. The molecule has 0 fully saturated rings. The van der Waals surface area contributed by atoms with E-state index in [9.17, 15) is 17.6 Å². The maximum Gasteiger partial charge on any atom is 0.419 e. The van der Waals surface area contributed by atoms with Gasteiger partial charge in [-0.1, -0.05) is 6.07 Å². The third kappa shape index (κ3) is 3.64. The Labute approximate surface area is 99.7 Å². The Morgan fingerprint density at radius 1 is 1.35 bits per heavy atom. The molecule has 0 aliphatic rings. The molecule has 0 unspecified atom stereocenters. The fraction of sp³-hybridized carbons (Fsp3) is 0.200. The minimum Gasteiger partial charge on any atom is -0.398 e. The first kappa shape index (κ1) is 13.9. The van der Waals surface area contributed by atoms with E-state index in [1.165, 1.54) is 17.2 Å². The molecule has 2 nitrogen and oxygen atoms in total. The van der Waals surface area contributed by atoms with E-state index >= 15 is 0 Å². The highest BCUT2D eigenvalue weighted by Crippen LogP contribution is 2.32. The van der Waals surface area contributed by atoms with Gasteiger partial charge in [0.25, 0.3) is 0 Å². The first-order valence-electron chi connectivity index (χ1n) is 4.50. The van der Waals surface area contributed by atoms with E-state index in [1.54, 1.807) is 0 Å². The largest absolute Gasteiger partial charge is 0.419 e. The van der Waals surface area contributed by atoms with E-state index in [1.807, 2.05) is 0 Å². The van der Waals surface area contributed by atoms with Crippen LogP contribution in [0.4, 0.5) is 17.6 Å². The van der Waals surface area contributed by atoms with Crippen LogP contribution >= 0.6 is 11.8 Å². The highest BCUT2D eigenvalue weighted by molar-refractivity contribution is 8.02. The molecule has 0 atom stereocenters. The van der Waals surface area contributed by atoms with Gasteiger partial charge in [-0.05, 0) is 17.5 Å². The molecular formula is C10H10F4N2S. The predicted molar refractivity (Wildman–Crippen MR) is 60.2 cm³/mol. The number of hydrogen-bond acceptors (Lipinski definition) is 3. The summed E-state index contributed by atoms with van der Waals surface area (Å²) < 4.78 is 50.0. The SMILES string of the molecule is NCS/C=C(\N)c1ccc(C(F)(F)F)c(F)c1. The Kier molecular flexibility index (Phi) is 4.41. The van der Waals surface area contributed by atoms with E-state index in [4.69, 9.17) is 11.5 Å². The van der Waals surface area contributed by atoms with Crippen LogP contribution in [-0.4, -0.2) is 5.88 Å². The lowest BCUT2D eigenvalue weighted by Gasteiger charge is -2.09. The fourth-order valence-electron chi connectivity index (χ4n) is 1.13. The highest BCUT2D eigenvalue weighted by atomic mass is 32.2. The monoisotopic (exact) mass is 266 g/mol. The Hall–Kier alpha value is -1.21. The lowest BCUT2D eigenvalue weighted by molar-refractivity contribution is -0.140. The summed E-state index contributed by atoms with van der Waals surface area (Å²) in [6.45, 7) is 0. The Balaban J connectivity index is 3.05. The summed E-state index contributed by atoms with van der Waals surface area (Å²) >= 11 is 1.17. The number of thioether (sulfide) groups is 1. The number of halogens is 4. The van der Waals surface area contributed by atoms with Crippen molar-refractivity contribution in [1.82, 2.24) is 0 Å². The van der Waals surface area contributed by atoms with Gasteiger partial charge in [0.2, 0.25) is 0 Å². The second kappa shape index (κ2) is 5.42. The minimum absolute atomic E-state index is 0.174. The van der Waals surface area contributed by atoms with Crippen molar-refractivity contribution in [3.63, 3.8) is 0 Å². The van der Waals surface area contributed by atoms with Crippen molar-refractivity contribution in [1.29, 1.82) is 0 Å². The molecule has 0 radical (unpaired) electrons. The van der Waals surface area contributed by atoms with E-state index in [-0.39, 0.29) is 17.1 Å². The summed E-state index contributed by atoms with van der Waals surface area (Å²) in [6.07, 6.45) is -4.70. The molecule has 0 aliphatic carbocycles. The standard InChI is InChI=1S/C10H10F4N2S/c11-8-3-6(9(16)4-17-5-15)1-2-7(8)10(12,13)14/h1-4H,5,15-16H2/b9-4-. The van der Waals surface area contributed by atoms with Crippen LogP contribution in [0.5, 0.6) is 0 Å². The van der Waals surface area contributed by atoms with Crippen LogP contribution in [0.25, 0.3) is 5.70 Å². The van der Waals surface area contributed by atoms with Crippen LogP contribution in [0.1, 0.15) is 11.1 Å². The Morgan fingerprint density at radius 2 is 2.00 bits per heavy atom. The molecule has 0 bridgehead atoms. The molecule has 17 heavy (non-hydrogen) atoms. The molecular weight excluding hydrogens is 256 g/mol. The highest BCUT2D eigenvalue weighted by Gasteiger charge is 2.33. The molecule has 0 saturated carbocycles. The van der Waals surface area contributed by atoms with Gasteiger partial charge in [0.1, 0.15) is 5.82 Å². The number of hydrogen-bond donors (Lipinski definition) is 2. The Morgan fingerprint density at radius 3 is 2.47 bits per heavy atom. The van der Waals surface area contributed by atoms with E-state index in [2.05, 4.69) is 0 Å². The van der Waals surface area contributed by atoms with E-state index in [0.29, 0.717) is 6.07 Å². The zero-order chi connectivity index (χ0) is 13.1. The molecule has 0 heterocycles. The topological polar surface area (TPSA) is 52.0 Å². The van der Waals surface area contributed by atoms with Gasteiger partial charge < -0.3 is 11.5 Å². The minimum atomic E-state index is -4.70. The molecule has 0 saturated heterocycles. The first-order chi connectivity index (χ1) is 7.86. The first-order valence-corrected chi connectivity index (χ1v) is 5.55. The summed E-state index contributed by atoms with van der Waals surface area (Å²) in [5.74, 6) is -1.06. The summed E-state index contributed by atoms with van der Waals surface area (Å²) in [4.78, 5) is 0. The van der Waals surface area contributed by atoms with Crippen molar-refractivity contribution >= 4 is 17.5 Å². The molecule has 0 spiro atoms. The van der Waals surface area contributed by atoms with Crippen molar-refractivity contribution < 1.29 is 17.6 Å². The molecule has 7 heteroatoms. The maximum atomic E-state index is 13.2. The quantitative estimate of drug-likeness (QED) is 0.653. The van der Waals surface area contributed by atoms with Gasteiger partial charge in [0.05, 0.1) is 5.56 Å². The normalized spacial score (nSPS) is 12.9. The lowest BCUT2D eigenvalue weighted by atomic mass is 10.1. The average Bonchev–Trinajstić information content (AvgIpc) is 2.23. The maximum absolute atomic E-state index is 13.2. The molecule has 94 valence electrons. The van der Waals surface area contributed by atoms with Crippen LogP contribution < -0.4 is 11.5 Å². The van der Waals surface area contributed by atoms with Gasteiger partial charge in [-0.15, -0.1) is 11.8 Å². The van der Waals surface area contributed by atoms with E-state index in [0.717, 1.165) is 12.1 Å². The zero-order valence-electron chi connectivity index (χ0n) is 8.59. The molecule has 1 aromatic carbocycles. The molecule has 0 aromatic heterocycles. The second-order valence-electron chi connectivity index (χ2n) is 3.10. The summed E-state index contributed by atoms with van der Waals surface area (Å²) in [6, 6.07) is 2.54. The summed E-state index contributed by atoms with van der Waals surface area (Å²) in [5, 5.41) is 1.46. The van der Waals surface area contributed by atoms with E-state index < -0.39 is 17.6 Å². The van der Waals surface area contributed by atoms with Crippen LogP contribution in [0.2, 0.25) is 0 Å². The molecule has 1 aromatic rings. The number of nitrogens with two attached hydrogens (primary N) is 2. The van der Waals surface area contributed by atoms with Crippen molar-refractivity contribution in [2.24, 2.45) is 11.5 Å². The van der Waals surface area contributed by atoms with Crippen molar-refractivity contribution in [3.05, 3.63) is 40.6 Å².